The number of hydrogen-bond acceptors (Lipinski definition) is 0. The Morgan fingerprint density at radius 1 is 0.842 bits per heavy atom. The molecule has 0 aromatic heterocycles. The number of rotatable bonds is 5. The van der Waals surface area contributed by atoms with Crippen molar-refractivity contribution in [1.82, 2.24) is 0 Å². The highest BCUT2D eigenvalue weighted by molar-refractivity contribution is 9.09. The standard InChI is InChI=1S/C16H15BrF2/c17-11-14(8-12-4-2-1-3-5-12)9-13-6-7-15(18)16(19)10-13/h1-7,10,14H,8-9,11H2. The van der Waals surface area contributed by atoms with Crippen molar-refractivity contribution in [1.29, 1.82) is 0 Å². The molecule has 19 heavy (non-hydrogen) atoms. The zero-order valence-electron chi connectivity index (χ0n) is 10.5. The van der Waals surface area contributed by atoms with E-state index in [1.165, 1.54) is 17.7 Å². The lowest BCUT2D eigenvalue weighted by Crippen LogP contribution is -2.10. The summed E-state index contributed by atoms with van der Waals surface area (Å²) in [6.07, 6.45) is 1.66. The Bertz CT molecular complexity index is 526. The minimum absolute atomic E-state index is 0.368. The maximum absolute atomic E-state index is 13.2. The lowest BCUT2D eigenvalue weighted by molar-refractivity contribution is 0.504. The van der Waals surface area contributed by atoms with E-state index in [9.17, 15) is 8.78 Å². The normalized spacial score (nSPS) is 12.4. The van der Waals surface area contributed by atoms with E-state index in [1.807, 2.05) is 18.2 Å². The van der Waals surface area contributed by atoms with Crippen LogP contribution in [0, 0.1) is 17.6 Å². The van der Waals surface area contributed by atoms with Gasteiger partial charge in [0.2, 0.25) is 0 Å². The number of halogens is 3. The van der Waals surface area contributed by atoms with Gasteiger partial charge in [0.25, 0.3) is 0 Å². The molecule has 0 amide bonds. The lowest BCUT2D eigenvalue weighted by atomic mass is 9.94. The van der Waals surface area contributed by atoms with E-state index < -0.39 is 11.6 Å². The van der Waals surface area contributed by atoms with Crippen LogP contribution in [0.1, 0.15) is 11.1 Å². The van der Waals surface area contributed by atoms with E-state index in [0.29, 0.717) is 5.92 Å². The molecule has 2 aromatic rings. The Morgan fingerprint density at radius 3 is 2.16 bits per heavy atom. The third kappa shape index (κ3) is 4.13. The molecular weight excluding hydrogens is 310 g/mol. The summed E-state index contributed by atoms with van der Waals surface area (Å²) in [6.45, 7) is 0. The molecule has 0 aliphatic rings. The van der Waals surface area contributed by atoms with Crippen LogP contribution in [0.15, 0.2) is 48.5 Å². The average molecular weight is 325 g/mol. The van der Waals surface area contributed by atoms with Gasteiger partial charge in [0.15, 0.2) is 11.6 Å². The molecule has 2 rings (SSSR count). The van der Waals surface area contributed by atoms with Gasteiger partial charge in [-0.25, -0.2) is 8.78 Å². The zero-order valence-corrected chi connectivity index (χ0v) is 12.0. The fourth-order valence-electron chi connectivity index (χ4n) is 2.13. The first-order valence-electron chi connectivity index (χ1n) is 6.23. The molecule has 0 heterocycles. The second-order valence-corrected chi connectivity index (χ2v) is 5.31. The van der Waals surface area contributed by atoms with Crippen LogP contribution in [0.2, 0.25) is 0 Å². The Labute approximate surface area is 120 Å². The van der Waals surface area contributed by atoms with Crippen molar-refractivity contribution in [2.75, 3.05) is 5.33 Å². The Hall–Kier alpha value is -1.22. The first-order chi connectivity index (χ1) is 9.19. The number of hydrogen-bond donors (Lipinski definition) is 0. The Kier molecular flexibility index (Phi) is 5.08. The molecular formula is C16H15BrF2. The molecule has 1 unspecified atom stereocenters. The van der Waals surface area contributed by atoms with Crippen LogP contribution in [0.5, 0.6) is 0 Å². The summed E-state index contributed by atoms with van der Waals surface area (Å²) in [5, 5.41) is 0.834. The smallest absolute Gasteiger partial charge is 0.159 e. The minimum Gasteiger partial charge on any atom is -0.204 e. The summed E-state index contributed by atoms with van der Waals surface area (Å²) >= 11 is 3.50. The second kappa shape index (κ2) is 6.80. The summed E-state index contributed by atoms with van der Waals surface area (Å²) in [7, 11) is 0. The van der Waals surface area contributed by atoms with Gasteiger partial charge in [-0.05, 0) is 42.0 Å². The van der Waals surface area contributed by atoms with Crippen molar-refractivity contribution in [2.45, 2.75) is 12.8 Å². The fourth-order valence-corrected chi connectivity index (χ4v) is 2.59. The van der Waals surface area contributed by atoms with Gasteiger partial charge in [-0.3, -0.25) is 0 Å². The van der Waals surface area contributed by atoms with Crippen LogP contribution in [-0.4, -0.2) is 5.33 Å². The van der Waals surface area contributed by atoms with Crippen molar-refractivity contribution in [3.8, 4) is 0 Å². The van der Waals surface area contributed by atoms with E-state index in [2.05, 4.69) is 28.1 Å². The molecule has 3 heteroatoms. The topological polar surface area (TPSA) is 0 Å². The van der Waals surface area contributed by atoms with Crippen LogP contribution in [0.4, 0.5) is 8.78 Å². The average Bonchev–Trinajstić information content (AvgIpc) is 2.43. The monoisotopic (exact) mass is 324 g/mol. The number of benzene rings is 2. The second-order valence-electron chi connectivity index (χ2n) is 4.66. The molecule has 1 atom stereocenters. The quantitative estimate of drug-likeness (QED) is 0.695. The fraction of sp³-hybridized carbons (Fsp3) is 0.250. The predicted octanol–water partition coefficient (Wildman–Crippen LogP) is 4.76. The van der Waals surface area contributed by atoms with Gasteiger partial charge < -0.3 is 0 Å². The highest BCUT2D eigenvalue weighted by Crippen LogP contribution is 2.18. The van der Waals surface area contributed by atoms with E-state index in [0.717, 1.165) is 23.7 Å². The predicted molar refractivity (Wildman–Crippen MR) is 77.5 cm³/mol. The van der Waals surface area contributed by atoms with Crippen molar-refractivity contribution in [2.24, 2.45) is 5.92 Å². The largest absolute Gasteiger partial charge is 0.204 e. The van der Waals surface area contributed by atoms with E-state index in [-0.39, 0.29) is 0 Å². The van der Waals surface area contributed by atoms with Crippen molar-refractivity contribution in [3.63, 3.8) is 0 Å². The summed E-state index contributed by atoms with van der Waals surface area (Å²) in [5.74, 6) is -1.19. The lowest BCUT2D eigenvalue weighted by Gasteiger charge is -2.14. The molecule has 0 saturated heterocycles. The summed E-state index contributed by atoms with van der Waals surface area (Å²) in [4.78, 5) is 0. The molecule has 0 aliphatic heterocycles. The van der Waals surface area contributed by atoms with Gasteiger partial charge in [-0.2, -0.15) is 0 Å². The van der Waals surface area contributed by atoms with Gasteiger partial charge in [-0.15, -0.1) is 0 Å². The van der Waals surface area contributed by atoms with Gasteiger partial charge in [0.05, 0.1) is 0 Å². The first kappa shape index (κ1) is 14.2. The third-order valence-electron chi connectivity index (χ3n) is 3.09. The molecule has 0 nitrogen and oxygen atoms in total. The molecule has 0 radical (unpaired) electrons. The van der Waals surface area contributed by atoms with Crippen LogP contribution in [0.25, 0.3) is 0 Å². The third-order valence-corrected chi connectivity index (χ3v) is 4.01. The van der Waals surface area contributed by atoms with E-state index >= 15 is 0 Å². The Balaban J connectivity index is 2.04. The van der Waals surface area contributed by atoms with Crippen molar-refractivity contribution in [3.05, 3.63) is 71.3 Å². The minimum atomic E-state index is -0.790. The van der Waals surface area contributed by atoms with Gasteiger partial charge in [-0.1, -0.05) is 52.3 Å². The molecule has 0 bridgehead atoms. The van der Waals surface area contributed by atoms with Crippen LogP contribution < -0.4 is 0 Å². The van der Waals surface area contributed by atoms with Gasteiger partial charge in [0, 0.05) is 5.33 Å². The maximum Gasteiger partial charge on any atom is 0.159 e. The summed E-state index contributed by atoms with van der Waals surface area (Å²) in [5.41, 5.74) is 2.09. The summed E-state index contributed by atoms with van der Waals surface area (Å²) in [6, 6.07) is 14.3. The molecule has 2 aromatic carbocycles. The van der Waals surface area contributed by atoms with Crippen LogP contribution in [0.3, 0.4) is 0 Å². The van der Waals surface area contributed by atoms with Gasteiger partial charge in [0.1, 0.15) is 0 Å². The molecule has 0 saturated carbocycles. The van der Waals surface area contributed by atoms with Crippen LogP contribution >= 0.6 is 15.9 Å². The molecule has 100 valence electrons. The maximum atomic E-state index is 13.2. The molecule has 0 spiro atoms. The Morgan fingerprint density at radius 2 is 1.53 bits per heavy atom. The van der Waals surface area contributed by atoms with Crippen LogP contribution in [-0.2, 0) is 12.8 Å². The first-order valence-corrected chi connectivity index (χ1v) is 7.35. The SMILES string of the molecule is Fc1ccc(CC(CBr)Cc2ccccc2)cc1F. The van der Waals surface area contributed by atoms with Crippen molar-refractivity contribution >= 4 is 15.9 Å². The van der Waals surface area contributed by atoms with E-state index in [1.54, 1.807) is 6.07 Å². The zero-order chi connectivity index (χ0) is 13.7. The molecule has 0 aliphatic carbocycles. The summed E-state index contributed by atoms with van der Waals surface area (Å²) < 4.78 is 26.1. The highest BCUT2D eigenvalue weighted by atomic mass is 79.9. The highest BCUT2D eigenvalue weighted by Gasteiger charge is 2.11. The van der Waals surface area contributed by atoms with Crippen molar-refractivity contribution < 1.29 is 8.78 Å². The van der Waals surface area contributed by atoms with E-state index in [4.69, 9.17) is 0 Å². The molecule has 0 fully saturated rings. The number of alkyl halides is 1. The molecule has 0 N–H and O–H groups in total. The van der Waals surface area contributed by atoms with Gasteiger partial charge >= 0.3 is 0 Å².